The molecule has 4 N–H and O–H groups in total. The van der Waals surface area contributed by atoms with Crippen molar-refractivity contribution in [1.29, 1.82) is 0 Å². The van der Waals surface area contributed by atoms with Crippen molar-refractivity contribution in [3.05, 3.63) is 80.9 Å². The van der Waals surface area contributed by atoms with Crippen molar-refractivity contribution in [3.63, 3.8) is 0 Å². The average Bonchev–Trinajstić information content (AvgIpc) is 2.81. The minimum atomic E-state index is -0.679. The van der Waals surface area contributed by atoms with E-state index in [1.165, 1.54) is 10.8 Å². The third-order valence-corrected chi connectivity index (χ3v) is 4.93. The SMILES string of the molecule is CCn1c(NNC(=O)CNC(=O)c2c[nH]c3ccccc3c2=O)nc2ccccc2c1=O. The van der Waals surface area contributed by atoms with Crippen molar-refractivity contribution in [1.82, 2.24) is 25.3 Å². The zero-order valence-electron chi connectivity index (χ0n) is 17.1. The fraction of sp³-hybridized carbons (Fsp3) is 0.136. The maximum Gasteiger partial charge on any atom is 0.262 e. The number of anilines is 1. The normalized spacial score (nSPS) is 10.8. The van der Waals surface area contributed by atoms with E-state index in [9.17, 15) is 19.2 Å². The molecular weight excluding hydrogens is 412 g/mol. The van der Waals surface area contributed by atoms with Gasteiger partial charge in [-0.25, -0.2) is 4.98 Å². The maximum absolute atomic E-state index is 12.6. The van der Waals surface area contributed by atoms with Gasteiger partial charge in [0.05, 0.1) is 17.4 Å². The van der Waals surface area contributed by atoms with Crippen molar-refractivity contribution >= 4 is 39.6 Å². The van der Waals surface area contributed by atoms with E-state index in [1.807, 2.05) is 0 Å². The van der Waals surface area contributed by atoms with Gasteiger partial charge >= 0.3 is 0 Å². The molecule has 0 radical (unpaired) electrons. The van der Waals surface area contributed by atoms with Gasteiger partial charge in [-0.3, -0.25) is 34.6 Å². The second kappa shape index (κ2) is 8.72. The molecule has 0 aliphatic heterocycles. The molecule has 0 unspecified atom stereocenters. The number of nitrogens with one attached hydrogen (secondary N) is 4. The van der Waals surface area contributed by atoms with Gasteiger partial charge in [0, 0.05) is 23.6 Å². The van der Waals surface area contributed by atoms with Crippen LogP contribution < -0.4 is 27.2 Å². The standard InChI is InChI=1S/C22H20N6O4/c1-2-28-21(32)14-8-4-6-10-17(14)25-22(28)27-26-18(29)12-24-20(31)15-11-23-16-9-5-3-7-13(16)19(15)30/h3-11H,2,12H2,1H3,(H,23,30)(H,24,31)(H,25,27)(H,26,29). The van der Waals surface area contributed by atoms with Crippen LogP contribution in [0.25, 0.3) is 21.8 Å². The minimum Gasteiger partial charge on any atom is -0.360 e. The Morgan fingerprint density at radius 1 is 1.03 bits per heavy atom. The number of para-hydroxylation sites is 2. The van der Waals surface area contributed by atoms with E-state index in [2.05, 4.69) is 26.1 Å². The Morgan fingerprint density at radius 2 is 1.75 bits per heavy atom. The van der Waals surface area contributed by atoms with Gasteiger partial charge in [-0.2, -0.15) is 0 Å². The van der Waals surface area contributed by atoms with Gasteiger partial charge in [-0.15, -0.1) is 0 Å². The first-order chi connectivity index (χ1) is 15.5. The van der Waals surface area contributed by atoms with Crippen LogP contribution in [0.15, 0.2) is 64.3 Å². The number of rotatable bonds is 6. The number of carbonyl (C=O) groups excluding carboxylic acids is 2. The van der Waals surface area contributed by atoms with Gasteiger partial charge < -0.3 is 10.3 Å². The molecule has 2 aromatic heterocycles. The molecule has 2 heterocycles. The molecule has 0 atom stereocenters. The Labute approximate surface area is 181 Å². The van der Waals surface area contributed by atoms with Crippen molar-refractivity contribution < 1.29 is 9.59 Å². The summed E-state index contributed by atoms with van der Waals surface area (Å²) in [4.78, 5) is 57.0. The zero-order valence-corrected chi connectivity index (χ0v) is 17.1. The monoisotopic (exact) mass is 432 g/mol. The number of hydrogen-bond acceptors (Lipinski definition) is 6. The molecule has 0 aliphatic carbocycles. The van der Waals surface area contributed by atoms with Gasteiger partial charge in [0.15, 0.2) is 0 Å². The Kier molecular flexibility index (Phi) is 5.67. The Morgan fingerprint density at radius 3 is 2.53 bits per heavy atom. The molecule has 10 heteroatoms. The number of amides is 2. The maximum atomic E-state index is 12.6. The third kappa shape index (κ3) is 3.93. The molecule has 0 fully saturated rings. The van der Waals surface area contributed by atoms with Crippen LogP contribution >= 0.6 is 0 Å². The molecule has 2 aromatic carbocycles. The summed E-state index contributed by atoms with van der Waals surface area (Å²) in [7, 11) is 0. The summed E-state index contributed by atoms with van der Waals surface area (Å²) in [6, 6.07) is 13.7. The van der Waals surface area contributed by atoms with Gasteiger partial charge in [0.25, 0.3) is 17.4 Å². The molecule has 4 aromatic rings. The second-order valence-corrected chi connectivity index (χ2v) is 6.93. The quantitative estimate of drug-likeness (QED) is 0.337. The molecule has 0 aliphatic rings. The van der Waals surface area contributed by atoms with Crippen molar-refractivity contribution in [3.8, 4) is 0 Å². The van der Waals surface area contributed by atoms with E-state index in [1.54, 1.807) is 55.5 Å². The van der Waals surface area contributed by atoms with Crippen molar-refractivity contribution in [2.75, 3.05) is 12.0 Å². The summed E-state index contributed by atoms with van der Waals surface area (Å²) in [6.07, 6.45) is 1.31. The summed E-state index contributed by atoms with van der Waals surface area (Å²) < 4.78 is 1.38. The predicted octanol–water partition coefficient (Wildman–Crippen LogP) is 1.13. The fourth-order valence-corrected chi connectivity index (χ4v) is 3.32. The molecular formula is C22H20N6O4. The number of aromatic nitrogens is 3. The van der Waals surface area contributed by atoms with Gasteiger partial charge in [-0.05, 0) is 31.2 Å². The highest BCUT2D eigenvalue weighted by Gasteiger charge is 2.15. The highest BCUT2D eigenvalue weighted by molar-refractivity contribution is 5.98. The first kappa shape index (κ1) is 20.8. The lowest BCUT2D eigenvalue weighted by Gasteiger charge is -2.14. The number of carbonyl (C=O) groups is 2. The number of H-pyrrole nitrogens is 1. The minimum absolute atomic E-state index is 0.0968. The highest BCUT2D eigenvalue weighted by atomic mass is 16.2. The molecule has 10 nitrogen and oxygen atoms in total. The molecule has 32 heavy (non-hydrogen) atoms. The topological polar surface area (TPSA) is 138 Å². The van der Waals surface area contributed by atoms with Crippen molar-refractivity contribution in [2.24, 2.45) is 0 Å². The van der Waals surface area contributed by atoms with Crippen LogP contribution in [-0.2, 0) is 11.3 Å². The molecule has 162 valence electrons. The Hall–Kier alpha value is -4.47. The van der Waals surface area contributed by atoms with E-state index >= 15 is 0 Å². The highest BCUT2D eigenvalue weighted by Crippen LogP contribution is 2.10. The van der Waals surface area contributed by atoms with Gasteiger partial charge in [0.1, 0.15) is 5.56 Å². The average molecular weight is 432 g/mol. The van der Waals surface area contributed by atoms with Gasteiger partial charge in [0.2, 0.25) is 11.4 Å². The molecule has 4 rings (SSSR count). The largest absolute Gasteiger partial charge is 0.360 e. The van der Waals surface area contributed by atoms with E-state index < -0.39 is 17.2 Å². The predicted molar refractivity (Wildman–Crippen MR) is 120 cm³/mol. The lowest BCUT2D eigenvalue weighted by molar-refractivity contribution is -0.119. The van der Waals surface area contributed by atoms with Crippen LogP contribution in [0.1, 0.15) is 17.3 Å². The van der Waals surface area contributed by atoms with E-state index in [0.29, 0.717) is 28.4 Å². The smallest absolute Gasteiger partial charge is 0.262 e. The van der Waals surface area contributed by atoms with Gasteiger partial charge in [-0.1, -0.05) is 24.3 Å². The summed E-state index contributed by atoms with van der Waals surface area (Å²) in [5.74, 6) is -1.09. The molecule has 0 spiro atoms. The number of hydrogen-bond donors (Lipinski definition) is 4. The zero-order chi connectivity index (χ0) is 22.7. The first-order valence-corrected chi connectivity index (χ1v) is 9.92. The summed E-state index contributed by atoms with van der Waals surface area (Å²) in [5, 5.41) is 3.26. The van der Waals surface area contributed by atoms with E-state index in [0.717, 1.165) is 0 Å². The van der Waals surface area contributed by atoms with E-state index in [-0.39, 0.29) is 23.6 Å². The number of aromatic amines is 1. The number of nitrogens with zero attached hydrogens (tertiary/aromatic N) is 2. The van der Waals surface area contributed by atoms with Crippen molar-refractivity contribution in [2.45, 2.75) is 13.5 Å². The van der Waals surface area contributed by atoms with Crippen LogP contribution in [0.2, 0.25) is 0 Å². The first-order valence-electron chi connectivity index (χ1n) is 9.92. The number of fused-ring (bicyclic) bond motifs is 2. The number of benzene rings is 2. The number of hydrazine groups is 1. The molecule has 2 amide bonds. The van der Waals surface area contributed by atoms with Crippen LogP contribution in [0, 0.1) is 0 Å². The molecule has 0 bridgehead atoms. The van der Waals surface area contributed by atoms with Crippen LogP contribution in [0.4, 0.5) is 5.95 Å². The third-order valence-electron chi connectivity index (χ3n) is 4.93. The Balaban J connectivity index is 1.43. The lowest BCUT2D eigenvalue weighted by Crippen LogP contribution is -2.41. The second-order valence-electron chi connectivity index (χ2n) is 6.93. The summed E-state index contributed by atoms with van der Waals surface area (Å²) >= 11 is 0. The number of pyridine rings is 1. The summed E-state index contributed by atoms with van der Waals surface area (Å²) in [5.41, 5.74) is 5.37. The Bertz CT molecular complexity index is 1460. The fourth-order valence-electron chi connectivity index (χ4n) is 3.32. The summed E-state index contributed by atoms with van der Waals surface area (Å²) in [6.45, 7) is 1.74. The lowest BCUT2D eigenvalue weighted by atomic mass is 10.1. The molecule has 0 saturated heterocycles. The van der Waals surface area contributed by atoms with E-state index in [4.69, 9.17) is 0 Å². The van der Waals surface area contributed by atoms with Crippen LogP contribution in [-0.4, -0.2) is 32.9 Å². The molecule has 0 saturated carbocycles. The van der Waals surface area contributed by atoms with Crippen LogP contribution in [0.5, 0.6) is 0 Å². The van der Waals surface area contributed by atoms with Crippen LogP contribution in [0.3, 0.4) is 0 Å².